The fraction of sp³-hybridized carbons (Fsp3) is 0.182. The Bertz CT molecular complexity index is 553. The number of aromatic nitrogens is 1. The predicted molar refractivity (Wildman–Crippen MR) is 67.8 cm³/mol. The average molecular weight is 298 g/mol. The number of aromatic hydroxyl groups is 1. The van der Waals surface area contributed by atoms with E-state index in [2.05, 4.69) is 31.2 Å². The van der Waals surface area contributed by atoms with Crippen LogP contribution in [-0.2, 0) is 6.54 Å². The molecule has 0 atom stereocenters. The van der Waals surface area contributed by atoms with E-state index in [0.717, 1.165) is 34.0 Å². The largest absolute Gasteiger partial charge is 0.507 e. The van der Waals surface area contributed by atoms with E-state index < -0.39 is 0 Å². The van der Waals surface area contributed by atoms with Crippen LogP contribution in [0, 0.1) is 0 Å². The van der Waals surface area contributed by atoms with Gasteiger partial charge in [-0.3, -0.25) is 5.32 Å². The molecule has 5 heteroatoms. The maximum absolute atomic E-state index is 9.89. The SMILES string of the molecule is Oc1ccc(Br)cc1-c1csc2[n+]1CCN2. The molecule has 2 aromatic rings. The Morgan fingerprint density at radius 3 is 3.19 bits per heavy atom. The zero-order valence-electron chi connectivity index (χ0n) is 8.40. The number of fused-ring (bicyclic) bond motifs is 1. The fourth-order valence-electron chi connectivity index (χ4n) is 1.90. The molecule has 0 saturated carbocycles. The topological polar surface area (TPSA) is 36.1 Å². The third kappa shape index (κ3) is 1.51. The molecule has 3 nitrogen and oxygen atoms in total. The lowest BCUT2D eigenvalue weighted by Gasteiger charge is -2.02. The summed E-state index contributed by atoms with van der Waals surface area (Å²) in [4.78, 5) is 0. The van der Waals surface area contributed by atoms with Crippen molar-refractivity contribution in [3.05, 3.63) is 28.1 Å². The number of benzene rings is 1. The van der Waals surface area contributed by atoms with Crippen molar-refractivity contribution in [1.29, 1.82) is 0 Å². The molecular formula is C11H10BrN2OS+. The molecule has 1 aliphatic heterocycles. The first-order valence-electron chi connectivity index (χ1n) is 5.00. The van der Waals surface area contributed by atoms with Gasteiger partial charge in [0.1, 0.15) is 24.5 Å². The molecule has 82 valence electrons. The van der Waals surface area contributed by atoms with Crippen molar-refractivity contribution in [2.75, 3.05) is 11.9 Å². The van der Waals surface area contributed by atoms with Crippen molar-refractivity contribution >= 4 is 32.4 Å². The molecule has 2 N–H and O–H groups in total. The number of nitrogens with one attached hydrogen (secondary N) is 1. The zero-order chi connectivity index (χ0) is 11.1. The summed E-state index contributed by atoms with van der Waals surface area (Å²) in [5, 5.41) is 16.4. The zero-order valence-corrected chi connectivity index (χ0v) is 10.8. The molecule has 3 rings (SSSR count). The van der Waals surface area contributed by atoms with Gasteiger partial charge in [-0.2, -0.15) is 0 Å². The van der Waals surface area contributed by atoms with E-state index in [-0.39, 0.29) is 0 Å². The van der Waals surface area contributed by atoms with Crippen LogP contribution in [0.5, 0.6) is 5.75 Å². The first-order chi connectivity index (χ1) is 7.75. The number of halogens is 1. The number of rotatable bonds is 1. The minimum Gasteiger partial charge on any atom is -0.507 e. The highest BCUT2D eigenvalue weighted by Gasteiger charge is 2.25. The smallest absolute Gasteiger partial charge is 0.334 e. The maximum atomic E-state index is 9.89. The van der Waals surface area contributed by atoms with Crippen LogP contribution in [0.2, 0.25) is 0 Å². The van der Waals surface area contributed by atoms with Gasteiger partial charge in [0, 0.05) is 9.85 Å². The molecular weight excluding hydrogens is 288 g/mol. The summed E-state index contributed by atoms with van der Waals surface area (Å²) < 4.78 is 3.18. The van der Waals surface area contributed by atoms with Crippen molar-refractivity contribution in [3.63, 3.8) is 0 Å². The van der Waals surface area contributed by atoms with E-state index in [1.165, 1.54) is 0 Å². The third-order valence-corrected chi connectivity index (χ3v) is 4.09. The summed E-state index contributed by atoms with van der Waals surface area (Å²) in [6.07, 6.45) is 0. The van der Waals surface area contributed by atoms with Gasteiger partial charge in [0.05, 0.1) is 5.56 Å². The minimum absolute atomic E-state index is 0.322. The first kappa shape index (κ1) is 10.1. The summed E-state index contributed by atoms with van der Waals surface area (Å²) >= 11 is 5.10. The Morgan fingerprint density at radius 2 is 2.31 bits per heavy atom. The first-order valence-corrected chi connectivity index (χ1v) is 6.67. The molecule has 0 radical (unpaired) electrons. The molecule has 0 saturated heterocycles. The molecule has 0 spiro atoms. The average Bonchev–Trinajstić information content (AvgIpc) is 2.83. The molecule has 0 unspecified atom stereocenters. The van der Waals surface area contributed by atoms with E-state index in [0.29, 0.717) is 5.75 Å². The van der Waals surface area contributed by atoms with Gasteiger partial charge in [0.25, 0.3) is 0 Å². The van der Waals surface area contributed by atoms with Gasteiger partial charge in [-0.15, -0.1) is 0 Å². The Kier molecular flexibility index (Phi) is 2.37. The quantitative estimate of drug-likeness (QED) is 0.794. The molecule has 1 aromatic carbocycles. The standard InChI is InChI=1S/C11H9BrN2OS/c12-7-1-2-10(15)8(5-7)9-6-16-11-13-3-4-14(9)11/h1-2,5-6,15H,3-4H2/p+1. The number of anilines is 1. The van der Waals surface area contributed by atoms with E-state index in [4.69, 9.17) is 0 Å². The molecule has 1 aromatic heterocycles. The number of thiazole rings is 1. The molecule has 16 heavy (non-hydrogen) atoms. The van der Waals surface area contributed by atoms with Crippen LogP contribution in [0.4, 0.5) is 5.13 Å². The van der Waals surface area contributed by atoms with Crippen LogP contribution in [0.1, 0.15) is 0 Å². The van der Waals surface area contributed by atoms with Crippen LogP contribution in [0.25, 0.3) is 11.3 Å². The molecule has 0 fully saturated rings. The predicted octanol–water partition coefficient (Wildman–Crippen LogP) is 2.60. The van der Waals surface area contributed by atoms with Crippen LogP contribution in [0.3, 0.4) is 0 Å². The van der Waals surface area contributed by atoms with Gasteiger partial charge >= 0.3 is 5.13 Å². The third-order valence-electron chi connectivity index (χ3n) is 2.66. The van der Waals surface area contributed by atoms with Crippen LogP contribution in [0.15, 0.2) is 28.1 Å². The Morgan fingerprint density at radius 1 is 1.44 bits per heavy atom. The normalized spacial score (nSPS) is 13.6. The second-order valence-electron chi connectivity index (χ2n) is 3.67. The van der Waals surface area contributed by atoms with E-state index in [9.17, 15) is 5.11 Å². The minimum atomic E-state index is 0.322. The molecule has 2 heterocycles. The van der Waals surface area contributed by atoms with E-state index in [1.54, 1.807) is 17.4 Å². The maximum Gasteiger partial charge on any atom is 0.334 e. The highest BCUT2D eigenvalue weighted by molar-refractivity contribution is 9.10. The monoisotopic (exact) mass is 297 g/mol. The lowest BCUT2D eigenvalue weighted by molar-refractivity contribution is -0.655. The molecule has 1 aliphatic rings. The van der Waals surface area contributed by atoms with Crippen molar-refractivity contribution < 1.29 is 9.67 Å². The Labute approximate surface area is 105 Å². The Hall–Kier alpha value is -1.07. The number of phenols is 1. The summed E-state index contributed by atoms with van der Waals surface area (Å²) in [6.45, 7) is 1.93. The van der Waals surface area contributed by atoms with Gasteiger partial charge in [-0.05, 0) is 18.2 Å². The van der Waals surface area contributed by atoms with Crippen molar-refractivity contribution in [1.82, 2.24) is 0 Å². The molecule has 0 amide bonds. The highest BCUT2D eigenvalue weighted by atomic mass is 79.9. The van der Waals surface area contributed by atoms with Crippen LogP contribution < -0.4 is 9.88 Å². The second kappa shape index (κ2) is 3.75. The van der Waals surface area contributed by atoms with Crippen molar-refractivity contribution in [2.45, 2.75) is 6.54 Å². The fourth-order valence-corrected chi connectivity index (χ4v) is 3.25. The van der Waals surface area contributed by atoms with E-state index in [1.807, 2.05) is 12.1 Å². The van der Waals surface area contributed by atoms with E-state index >= 15 is 0 Å². The Balaban J connectivity index is 2.18. The van der Waals surface area contributed by atoms with Crippen LogP contribution in [-0.4, -0.2) is 11.7 Å². The van der Waals surface area contributed by atoms with Gasteiger partial charge in [-0.25, -0.2) is 4.57 Å². The summed E-state index contributed by atoms with van der Waals surface area (Å²) in [5.74, 6) is 0.322. The summed E-state index contributed by atoms with van der Waals surface area (Å²) in [6, 6.07) is 5.50. The lowest BCUT2D eigenvalue weighted by atomic mass is 10.1. The van der Waals surface area contributed by atoms with Gasteiger partial charge in [-0.1, -0.05) is 27.3 Å². The van der Waals surface area contributed by atoms with Crippen LogP contribution >= 0.6 is 27.3 Å². The number of hydrogen-bond acceptors (Lipinski definition) is 3. The highest BCUT2D eigenvalue weighted by Crippen LogP contribution is 2.33. The second-order valence-corrected chi connectivity index (χ2v) is 5.44. The van der Waals surface area contributed by atoms with Gasteiger partial charge < -0.3 is 5.11 Å². The number of nitrogens with zero attached hydrogens (tertiary/aromatic N) is 1. The molecule has 0 bridgehead atoms. The summed E-state index contributed by atoms with van der Waals surface area (Å²) in [5.41, 5.74) is 1.95. The number of hydrogen-bond donors (Lipinski definition) is 2. The van der Waals surface area contributed by atoms with Gasteiger partial charge in [0.15, 0.2) is 0 Å². The van der Waals surface area contributed by atoms with Crippen molar-refractivity contribution in [3.8, 4) is 17.0 Å². The molecule has 0 aliphatic carbocycles. The van der Waals surface area contributed by atoms with Crippen molar-refractivity contribution in [2.24, 2.45) is 0 Å². The lowest BCUT2D eigenvalue weighted by Crippen LogP contribution is -2.30. The van der Waals surface area contributed by atoms with Gasteiger partial charge in [0.2, 0.25) is 0 Å². The number of phenolic OH excluding ortho intramolecular Hbond substituents is 1. The summed E-state index contributed by atoms with van der Waals surface area (Å²) in [7, 11) is 0.